The van der Waals surface area contributed by atoms with E-state index in [1.807, 2.05) is 24.4 Å². The monoisotopic (exact) mass is 339 g/mol. The lowest BCUT2D eigenvalue weighted by Gasteiger charge is -2.17. The van der Waals surface area contributed by atoms with E-state index in [1.54, 1.807) is 23.5 Å². The third kappa shape index (κ3) is 3.58. The van der Waals surface area contributed by atoms with Gasteiger partial charge in [-0.1, -0.05) is 12.1 Å². The molecular formula is C14H14BrNO2S. The maximum atomic E-state index is 11.3. The van der Waals surface area contributed by atoms with Crippen LogP contribution in [-0.4, -0.2) is 17.1 Å². The number of thiophene rings is 1. The number of halogens is 1. The van der Waals surface area contributed by atoms with Crippen LogP contribution in [0.15, 0.2) is 40.2 Å². The fourth-order valence-electron chi connectivity index (χ4n) is 1.91. The van der Waals surface area contributed by atoms with Crippen molar-refractivity contribution in [1.29, 1.82) is 0 Å². The second kappa shape index (κ2) is 6.21. The zero-order valence-corrected chi connectivity index (χ0v) is 12.8. The highest BCUT2D eigenvalue weighted by molar-refractivity contribution is 9.10. The number of rotatable bonds is 5. The summed E-state index contributed by atoms with van der Waals surface area (Å²) in [5.41, 5.74) is 0.923. The minimum absolute atomic E-state index is 0.172. The van der Waals surface area contributed by atoms with E-state index in [0.717, 1.165) is 6.42 Å². The van der Waals surface area contributed by atoms with Gasteiger partial charge >= 0.3 is 5.97 Å². The van der Waals surface area contributed by atoms with E-state index in [1.165, 1.54) is 4.88 Å². The molecule has 2 rings (SSSR count). The second-order valence-corrected chi connectivity index (χ2v) is 6.18. The summed E-state index contributed by atoms with van der Waals surface area (Å²) in [7, 11) is 0. The summed E-state index contributed by atoms with van der Waals surface area (Å²) in [5.74, 6) is -0.932. The van der Waals surface area contributed by atoms with Crippen molar-refractivity contribution in [2.75, 3.05) is 5.32 Å². The summed E-state index contributed by atoms with van der Waals surface area (Å²) >= 11 is 4.99. The van der Waals surface area contributed by atoms with Crippen molar-refractivity contribution in [2.45, 2.75) is 19.4 Å². The van der Waals surface area contributed by atoms with E-state index in [0.29, 0.717) is 10.2 Å². The molecule has 1 heterocycles. The Hall–Kier alpha value is -1.33. The van der Waals surface area contributed by atoms with E-state index >= 15 is 0 Å². The molecule has 0 spiro atoms. The number of aromatic carboxylic acids is 1. The molecule has 3 nitrogen and oxygen atoms in total. The highest BCUT2D eigenvalue weighted by Crippen LogP contribution is 2.26. The lowest BCUT2D eigenvalue weighted by molar-refractivity contribution is 0.0697. The molecule has 2 aromatic rings. The van der Waals surface area contributed by atoms with Gasteiger partial charge in [-0.3, -0.25) is 0 Å². The molecular weight excluding hydrogens is 326 g/mol. The first-order valence-corrected chi connectivity index (χ1v) is 7.56. The Morgan fingerprint density at radius 3 is 2.84 bits per heavy atom. The molecule has 0 radical (unpaired) electrons. The Labute approximate surface area is 124 Å². The first-order chi connectivity index (χ1) is 9.08. The van der Waals surface area contributed by atoms with E-state index in [-0.39, 0.29) is 11.6 Å². The van der Waals surface area contributed by atoms with E-state index in [4.69, 9.17) is 0 Å². The summed E-state index contributed by atoms with van der Waals surface area (Å²) in [6.45, 7) is 2.05. The van der Waals surface area contributed by atoms with Gasteiger partial charge in [0.2, 0.25) is 0 Å². The fraction of sp³-hybridized carbons (Fsp3) is 0.214. The molecule has 0 aliphatic rings. The predicted octanol–water partition coefficient (Wildman–Crippen LogP) is 4.25. The van der Waals surface area contributed by atoms with Crippen LogP contribution in [0.1, 0.15) is 22.2 Å². The fourth-order valence-corrected chi connectivity index (χ4v) is 3.28. The molecule has 0 aliphatic heterocycles. The Morgan fingerprint density at radius 1 is 1.42 bits per heavy atom. The first-order valence-electron chi connectivity index (χ1n) is 5.88. The van der Waals surface area contributed by atoms with Gasteiger partial charge in [0.05, 0.1) is 11.3 Å². The number of benzene rings is 1. The van der Waals surface area contributed by atoms with E-state index in [2.05, 4.69) is 27.3 Å². The summed E-state index contributed by atoms with van der Waals surface area (Å²) < 4.78 is 0.591. The normalized spacial score (nSPS) is 12.1. The lowest BCUT2D eigenvalue weighted by atomic mass is 10.1. The quantitative estimate of drug-likeness (QED) is 0.855. The van der Waals surface area contributed by atoms with Crippen LogP contribution >= 0.6 is 27.3 Å². The largest absolute Gasteiger partial charge is 0.478 e. The van der Waals surface area contributed by atoms with E-state index < -0.39 is 5.97 Å². The molecule has 1 aromatic carbocycles. The summed E-state index contributed by atoms with van der Waals surface area (Å²) in [4.78, 5) is 12.6. The average Bonchev–Trinajstić information content (AvgIpc) is 2.81. The summed E-state index contributed by atoms with van der Waals surface area (Å²) in [6, 6.07) is 9.64. The Bertz CT molecular complexity index is 569. The van der Waals surface area contributed by atoms with Crippen molar-refractivity contribution in [1.82, 2.24) is 0 Å². The van der Waals surface area contributed by atoms with Crippen molar-refractivity contribution in [3.63, 3.8) is 0 Å². The summed E-state index contributed by atoms with van der Waals surface area (Å²) in [5, 5.41) is 14.6. The number of carboxylic acids is 1. The van der Waals surface area contributed by atoms with E-state index in [9.17, 15) is 9.90 Å². The number of nitrogens with one attached hydrogen (secondary N) is 1. The average molecular weight is 340 g/mol. The van der Waals surface area contributed by atoms with Crippen LogP contribution in [0.5, 0.6) is 0 Å². The lowest BCUT2D eigenvalue weighted by Crippen LogP contribution is -2.19. The minimum atomic E-state index is -0.932. The molecule has 0 saturated heterocycles. The maximum absolute atomic E-state index is 11.3. The maximum Gasteiger partial charge on any atom is 0.338 e. The van der Waals surface area contributed by atoms with Gasteiger partial charge in [0.25, 0.3) is 0 Å². The second-order valence-electron chi connectivity index (χ2n) is 4.30. The molecule has 5 heteroatoms. The van der Waals surface area contributed by atoms with Crippen LogP contribution in [0, 0.1) is 0 Å². The van der Waals surface area contributed by atoms with Crippen molar-refractivity contribution < 1.29 is 9.90 Å². The third-order valence-electron chi connectivity index (χ3n) is 2.72. The number of hydrogen-bond acceptors (Lipinski definition) is 3. The van der Waals surface area contributed by atoms with Crippen molar-refractivity contribution >= 4 is 38.9 Å². The summed E-state index contributed by atoms with van der Waals surface area (Å²) in [6.07, 6.45) is 0.878. The molecule has 0 bridgehead atoms. The first kappa shape index (κ1) is 14.1. The van der Waals surface area contributed by atoms with Gasteiger partial charge in [-0.25, -0.2) is 4.79 Å². The number of anilines is 1. The number of hydrogen-bond donors (Lipinski definition) is 2. The minimum Gasteiger partial charge on any atom is -0.478 e. The predicted molar refractivity (Wildman–Crippen MR) is 82.2 cm³/mol. The molecule has 0 amide bonds. The molecule has 1 aromatic heterocycles. The smallest absolute Gasteiger partial charge is 0.338 e. The van der Waals surface area contributed by atoms with Gasteiger partial charge < -0.3 is 10.4 Å². The van der Waals surface area contributed by atoms with Gasteiger partial charge in [0.15, 0.2) is 0 Å². The van der Waals surface area contributed by atoms with Crippen LogP contribution in [0.2, 0.25) is 0 Å². The number of carbonyl (C=O) groups is 1. The van der Waals surface area contributed by atoms with Crippen LogP contribution in [-0.2, 0) is 6.42 Å². The molecule has 0 fully saturated rings. The molecule has 19 heavy (non-hydrogen) atoms. The van der Waals surface area contributed by atoms with Gasteiger partial charge in [0, 0.05) is 21.8 Å². The van der Waals surface area contributed by atoms with Crippen molar-refractivity contribution in [3.05, 3.63) is 50.6 Å². The van der Waals surface area contributed by atoms with Gasteiger partial charge in [-0.2, -0.15) is 0 Å². The highest BCUT2D eigenvalue weighted by atomic mass is 79.9. The standard InChI is InChI=1S/C14H14BrNO2S/c1-9(8-10-4-3-7-19-10)16-12-6-2-5-11(15)13(12)14(17)18/h2-7,9,16H,8H2,1H3,(H,17,18). The molecule has 0 saturated carbocycles. The SMILES string of the molecule is CC(Cc1cccs1)Nc1cccc(Br)c1C(=O)O. The van der Waals surface area contributed by atoms with Crippen LogP contribution in [0.25, 0.3) is 0 Å². The van der Waals surface area contributed by atoms with Crippen molar-refractivity contribution in [2.24, 2.45) is 0 Å². The van der Waals surface area contributed by atoms with Crippen molar-refractivity contribution in [3.8, 4) is 0 Å². The van der Waals surface area contributed by atoms with Gasteiger partial charge in [0.1, 0.15) is 0 Å². The Morgan fingerprint density at radius 2 is 2.21 bits per heavy atom. The van der Waals surface area contributed by atoms with Crippen LogP contribution in [0.4, 0.5) is 5.69 Å². The van der Waals surface area contributed by atoms with Crippen LogP contribution in [0.3, 0.4) is 0 Å². The topological polar surface area (TPSA) is 49.3 Å². The molecule has 1 atom stereocenters. The molecule has 1 unspecified atom stereocenters. The third-order valence-corrected chi connectivity index (χ3v) is 4.28. The molecule has 2 N–H and O–H groups in total. The Kier molecular flexibility index (Phi) is 4.61. The zero-order valence-electron chi connectivity index (χ0n) is 10.4. The zero-order chi connectivity index (χ0) is 13.8. The van der Waals surface area contributed by atoms with Crippen LogP contribution < -0.4 is 5.32 Å². The molecule has 100 valence electrons. The highest BCUT2D eigenvalue weighted by Gasteiger charge is 2.15. The van der Waals surface area contributed by atoms with Gasteiger partial charge in [-0.15, -0.1) is 11.3 Å². The number of carboxylic acid groups (broad SMARTS) is 1. The molecule has 0 aliphatic carbocycles. The van der Waals surface area contributed by atoms with Gasteiger partial charge in [-0.05, 0) is 46.4 Å². The Balaban J connectivity index is 2.14.